The van der Waals surface area contributed by atoms with E-state index in [0.29, 0.717) is 12.8 Å². The van der Waals surface area contributed by atoms with Crippen molar-refractivity contribution >= 4 is 11.7 Å². The Hall–Kier alpha value is -1.80. The minimum atomic E-state index is -0.785. The Balaban J connectivity index is 1.99. The normalized spacial score (nSPS) is 20.3. The van der Waals surface area contributed by atoms with Crippen molar-refractivity contribution < 1.29 is 19.0 Å². The van der Waals surface area contributed by atoms with Gasteiger partial charge in [-0.2, -0.15) is 4.98 Å². The van der Waals surface area contributed by atoms with Crippen LogP contribution in [0.2, 0.25) is 0 Å². The Morgan fingerprint density at radius 3 is 2.92 bits per heavy atom. The number of anilines is 1. The largest absolute Gasteiger partial charge is 0.394 e. The van der Waals surface area contributed by atoms with Gasteiger partial charge < -0.3 is 15.2 Å². The summed E-state index contributed by atoms with van der Waals surface area (Å²) in [6.07, 6.45) is 5.12. The molecule has 1 aromatic heterocycles. The van der Waals surface area contributed by atoms with Crippen LogP contribution in [0.1, 0.15) is 58.1 Å². The molecule has 1 fully saturated rings. The number of amides is 1. The van der Waals surface area contributed by atoms with E-state index in [4.69, 9.17) is 9.84 Å². The smallest absolute Gasteiger partial charge is 0.351 e. The molecule has 0 bridgehead atoms. The van der Waals surface area contributed by atoms with Gasteiger partial charge in [0.1, 0.15) is 6.23 Å². The van der Waals surface area contributed by atoms with Crippen molar-refractivity contribution in [2.75, 3.05) is 11.9 Å². The Kier molecular flexibility index (Phi) is 6.86. The first-order chi connectivity index (χ1) is 11.5. The van der Waals surface area contributed by atoms with E-state index in [-0.39, 0.29) is 30.9 Å². The van der Waals surface area contributed by atoms with E-state index in [2.05, 4.69) is 17.2 Å². The molecule has 0 saturated carbocycles. The maximum absolute atomic E-state index is 14.1. The van der Waals surface area contributed by atoms with Gasteiger partial charge in [-0.05, 0) is 19.3 Å². The predicted octanol–water partition coefficient (Wildman–Crippen LogP) is 1.96. The van der Waals surface area contributed by atoms with Gasteiger partial charge in [0.15, 0.2) is 11.6 Å². The third-order valence-corrected chi connectivity index (χ3v) is 4.02. The molecule has 2 N–H and O–H groups in total. The van der Waals surface area contributed by atoms with Gasteiger partial charge in [-0.1, -0.05) is 26.2 Å². The summed E-state index contributed by atoms with van der Waals surface area (Å²) in [6.45, 7) is 1.93. The molecule has 1 aromatic rings. The molecule has 1 aliphatic rings. The van der Waals surface area contributed by atoms with Gasteiger partial charge in [0, 0.05) is 6.42 Å². The summed E-state index contributed by atoms with van der Waals surface area (Å²) in [4.78, 5) is 27.4. The van der Waals surface area contributed by atoms with Crippen LogP contribution in [0.3, 0.4) is 0 Å². The van der Waals surface area contributed by atoms with Crippen molar-refractivity contribution in [3.05, 3.63) is 22.5 Å². The lowest BCUT2D eigenvalue weighted by Crippen LogP contribution is -2.29. The molecule has 0 aromatic carbocycles. The molecule has 1 saturated heterocycles. The van der Waals surface area contributed by atoms with Gasteiger partial charge in [0.05, 0.1) is 18.9 Å². The first kappa shape index (κ1) is 18.5. The van der Waals surface area contributed by atoms with Gasteiger partial charge in [0.25, 0.3) is 0 Å². The number of unbranched alkanes of at least 4 members (excludes halogenated alkanes) is 3. The minimum Gasteiger partial charge on any atom is -0.394 e. The summed E-state index contributed by atoms with van der Waals surface area (Å²) < 4.78 is 20.6. The van der Waals surface area contributed by atoms with Gasteiger partial charge >= 0.3 is 5.69 Å². The van der Waals surface area contributed by atoms with Crippen LogP contribution < -0.4 is 11.0 Å². The van der Waals surface area contributed by atoms with Gasteiger partial charge in [-0.25, -0.2) is 9.18 Å². The van der Waals surface area contributed by atoms with Gasteiger partial charge in [-0.3, -0.25) is 9.36 Å². The molecule has 1 aliphatic heterocycles. The van der Waals surface area contributed by atoms with Crippen LogP contribution in [-0.2, 0) is 9.53 Å². The highest BCUT2D eigenvalue weighted by Crippen LogP contribution is 2.27. The van der Waals surface area contributed by atoms with Crippen molar-refractivity contribution in [2.45, 2.75) is 64.2 Å². The minimum absolute atomic E-state index is 0.146. The highest BCUT2D eigenvalue weighted by Gasteiger charge is 2.27. The second kappa shape index (κ2) is 8.89. The van der Waals surface area contributed by atoms with E-state index in [1.54, 1.807) is 0 Å². The molecule has 2 atom stereocenters. The zero-order chi connectivity index (χ0) is 17.5. The van der Waals surface area contributed by atoms with Crippen molar-refractivity contribution in [3.8, 4) is 0 Å². The first-order valence-corrected chi connectivity index (χ1v) is 8.40. The number of aromatic nitrogens is 2. The maximum atomic E-state index is 14.1. The number of ether oxygens (including phenoxy) is 1. The number of carbonyl (C=O) groups is 1. The third kappa shape index (κ3) is 4.85. The topological polar surface area (TPSA) is 93.5 Å². The molecule has 24 heavy (non-hydrogen) atoms. The lowest BCUT2D eigenvalue weighted by molar-refractivity contribution is -0.116. The maximum Gasteiger partial charge on any atom is 0.351 e. The zero-order valence-electron chi connectivity index (χ0n) is 13.8. The summed E-state index contributed by atoms with van der Waals surface area (Å²) in [7, 11) is 0. The summed E-state index contributed by atoms with van der Waals surface area (Å²) >= 11 is 0. The molecule has 0 unspecified atom stereocenters. The lowest BCUT2D eigenvalue weighted by Gasteiger charge is -2.15. The molecule has 2 rings (SSSR count). The number of rotatable bonds is 8. The van der Waals surface area contributed by atoms with Gasteiger partial charge in [-0.15, -0.1) is 0 Å². The monoisotopic (exact) mass is 341 g/mol. The Bertz CT molecular complexity index is 620. The number of aliphatic hydroxyl groups is 1. The zero-order valence-corrected chi connectivity index (χ0v) is 13.8. The van der Waals surface area contributed by atoms with E-state index in [1.807, 2.05) is 0 Å². The van der Waals surface area contributed by atoms with E-state index in [9.17, 15) is 14.0 Å². The summed E-state index contributed by atoms with van der Waals surface area (Å²) in [5, 5.41) is 11.4. The number of aliphatic hydroxyl groups excluding tert-OH is 1. The Morgan fingerprint density at radius 2 is 2.25 bits per heavy atom. The van der Waals surface area contributed by atoms with Crippen LogP contribution in [0.4, 0.5) is 10.2 Å². The van der Waals surface area contributed by atoms with Crippen molar-refractivity contribution in [2.24, 2.45) is 0 Å². The number of halogens is 1. The molecule has 0 radical (unpaired) electrons. The average molecular weight is 341 g/mol. The van der Waals surface area contributed by atoms with E-state index >= 15 is 0 Å². The molecule has 1 amide bonds. The highest BCUT2D eigenvalue weighted by molar-refractivity contribution is 5.89. The van der Waals surface area contributed by atoms with Crippen LogP contribution in [0, 0.1) is 5.82 Å². The van der Waals surface area contributed by atoms with Crippen LogP contribution in [-0.4, -0.2) is 33.3 Å². The number of hydrogen-bond donors (Lipinski definition) is 2. The summed E-state index contributed by atoms with van der Waals surface area (Å²) in [5.74, 6) is -1.49. The number of hydrogen-bond acceptors (Lipinski definition) is 5. The second-order valence-electron chi connectivity index (χ2n) is 5.96. The highest BCUT2D eigenvalue weighted by atomic mass is 19.1. The van der Waals surface area contributed by atoms with Crippen molar-refractivity contribution in [1.29, 1.82) is 0 Å². The molecule has 0 spiro atoms. The Labute approximate surface area is 139 Å². The molecule has 2 heterocycles. The molecular weight excluding hydrogens is 317 g/mol. The van der Waals surface area contributed by atoms with Crippen LogP contribution in [0.15, 0.2) is 11.0 Å². The quantitative estimate of drug-likeness (QED) is 0.705. The average Bonchev–Trinajstić information content (AvgIpc) is 3.03. The first-order valence-electron chi connectivity index (χ1n) is 8.40. The fourth-order valence-corrected chi connectivity index (χ4v) is 2.67. The van der Waals surface area contributed by atoms with Crippen LogP contribution >= 0.6 is 0 Å². The van der Waals surface area contributed by atoms with Gasteiger partial charge in [0.2, 0.25) is 5.91 Å². The van der Waals surface area contributed by atoms with E-state index < -0.39 is 17.7 Å². The molecular formula is C16H24FN3O4. The van der Waals surface area contributed by atoms with Crippen molar-refractivity contribution in [1.82, 2.24) is 9.55 Å². The third-order valence-electron chi connectivity index (χ3n) is 4.02. The van der Waals surface area contributed by atoms with Crippen LogP contribution in [0.25, 0.3) is 0 Å². The molecule has 134 valence electrons. The van der Waals surface area contributed by atoms with E-state index in [0.717, 1.165) is 36.4 Å². The molecule has 7 nitrogen and oxygen atoms in total. The van der Waals surface area contributed by atoms with E-state index in [1.165, 1.54) is 0 Å². The SMILES string of the molecule is CCCCCCC(=O)Nc1nc(=O)n([C@H]2CC[C@@H](CO)O2)cc1F. The summed E-state index contributed by atoms with van der Waals surface area (Å²) in [5.41, 5.74) is -0.693. The van der Waals surface area contributed by atoms with Crippen LogP contribution in [0.5, 0.6) is 0 Å². The molecule has 8 heteroatoms. The predicted molar refractivity (Wildman–Crippen MR) is 86.1 cm³/mol. The number of carbonyl (C=O) groups excluding carboxylic acids is 1. The number of nitrogens with one attached hydrogen (secondary N) is 1. The Morgan fingerprint density at radius 1 is 1.46 bits per heavy atom. The fourth-order valence-electron chi connectivity index (χ4n) is 2.67. The number of nitrogens with zero attached hydrogens (tertiary/aromatic N) is 2. The van der Waals surface area contributed by atoms with Crippen molar-refractivity contribution in [3.63, 3.8) is 0 Å². The fraction of sp³-hybridized carbons (Fsp3) is 0.688. The lowest BCUT2D eigenvalue weighted by atomic mass is 10.1. The summed E-state index contributed by atoms with van der Waals surface area (Å²) in [6, 6.07) is 0. The molecule has 0 aliphatic carbocycles. The second-order valence-corrected chi connectivity index (χ2v) is 5.96. The standard InChI is InChI=1S/C16H24FN3O4/c1-2-3-4-5-6-13(22)18-15-12(17)9-20(16(23)19-15)14-8-7-11(10-21)24-14/h9,11,14,21H,2-8,10H2,1H3,(H,18,19,22,23)/t11-,14+/m0/s1.